The number of benzene rings is 1. The molecule has 1 aliphatic rings. The van der Waals surface area contributed by atoms with Crippen LogP contribution in [0.15, 0.2) is 40.3 Å². The molecule has 0 atom stereocenters. The molecule has 0 aliphatic heterocycles. The van der Waals surface area contributed by atoms with Crippen molar-refractivity contribution in [1.29, 1.82) is 0 Å². The van der Waals surface area contributed by atoms with Gasteiger partial charge in [0.15, 0.2) is 0 Å². The number of hydrogen-bond acceptors (Lipinski definition) is 2. The summed E-state index contributed by atoms with van der Waals surface area (Å²) in [6.07, 6.45) is 6.87. The van der Waals surface area contributed by atoms with Gasteiger partial charge in [-0.2, -0.15) is 0 Å². The van der Waals surface area contributed by atoms with E-state index in [1.54, 1.807) is 18.3 Å². The second-order valence-electron chi connectivity index (χ2n) is 5.49. The normalized spacial score (nSPS) is 15.7. The minimum Gasteiger partial charge on any atom is -0.364 e. The van der Waals surface area contributed by atoms with Crippen LogP contribution in [-0.4, -0.2) is 13.4 Å². The highest BCUT2D eigenvalue weighted by molar-refractivity contribution is 7.91. The van der Waals surface area contributed by atoms with Crippen molar-refractivity contribution in [2.75, 3.05) is 0 Å². The Bertz CT molecular complexity index is 711. The molecular formula is C16H19NO2S. The van der Waals surface area contributed by atoms with Crippen molar-refractivity contribution in [3.63, 3.8) is 0 Å². The van der Waals surface area contributed by atoms with Gasteiger partial charge in [0.1, 0.15) is 0 Å². The van der Waals surface area contributed by atoms with E-state index in [4.69, 9.17) is 0 Å². The zero-order chi connectivity index (χ0) is 14.2. The fourth-order valence-electron chi connectivity index (χ4n) is 2.84. The van der Waals surface area contributed by atoms with Crippen LogP contribution < -0.4 is 0 Å². The summed E-state index contributed by atoms with van der Waals surface area (Å²) in [6.45, 7) is 1.96. The van der Waals surface area contributed by atoms with Gasteiger partial charge >= 0.3 is 0 Å². The van der Waals surface area contributed by atoms with Crippen molar-refractivity contribution in [2.45, 2.75) is 48.8 Å². The van der Waals surface area contributed by atoms with Crippen LogP contribution in [0.25, 0.3) is 0 Å². The predicted molar refractivity (Wildman–Crippen MR) is 78.7 cm³/mol. The molecule has 1 aromatic heterocycles. The van der Waals surface area contributed by atoms with Gasteiger partial charge in [-0.05, 0) is 50.3 Å². The molecule has 0 spiro atoms. The molecule has 0 saturated carbocycles. The molecule has 1 aromatic carbocycles. The van der Waals surface area contributed by atoms with E-state index in [-0.39, 0.29) is 0 Å². The van der Waals surface area contributed by atoms with E-state index in [1.165, 1.54) is 6.42 Å². The topological polar surface area (TPSA) is 49.9 Å². The van der Waals surface area contributed by atoms with E-state index in [1.807, 2.05) is 19.1 Å². The SMILES string of the molecule is Cc1ccc(S(=O)(=O)c2c[nH]c3c2CCCCC3)cc1. The highest BCUT2D eigenvalue weighted by atomic mass is 32.2. The van der Waals surface area contributed by atoms with Crippen LogP contribution in [0.4, 0.5) is 0 Å². The van der Waals surface area contributed by atoms with Crippen molar-refractivity contribution < 1.29 is 8.42 Å². The molecule has 3 nitrogen and oxygen atoms in total. The Morgan fingerprint density at radius 1 is 1.00 bits per heavy atom. The van der Waals surface area contributed by atoms with Gasteiger partial charge in [-0.3, -0.25) is 0 Å². The van der Waals surface area contributed by atoms with Crippen LogP contribution in [0, 0.1) is 6.92 Å². The maximum Gasteiger partial charge on any atom is 0.208 e. The lowest BCUT2D eigenvalue weighted by Crippen LogP contribution is -2.04. The highest BCUT2D eigenvalue weighted by Gasteiger charge is 2.25. The van der Waals surface area contributed by atoms with Crippen molar-refractivity contribution in [3.05, 3.63) is 47.3 Å². The summed E-state index contributed by atoms with van der Waals surface area (Å²) in [4.78, 5) is 4.03. The molecule has 20 heavy (non-hydrogen) atoms. The molecule has 1 aliphatic carbocycles. The third-order valence-electron chi connectivity index (χ3n) is 4.01. The number of rotatable bonds is 2. The van der Waals surface area contributed by atoms with E-state index in [9.17, 15) is 8.42 Å². The van der Waals surface area contributed by atoms with Crippen LogP contribution >= 0.6 is 0 Å². The van der Waals surface area contributed by atoms with Gasteiger partial charge in [-0.25, -0.2) is 8.42 Å². The van der Waals surface area contributed by atoms with Crippen LogP contribution in [-0.2, 0) is 22.7 Å². The fraction of sp³-hybridized carbons (Fsp3) is 0.375. The molecule has 0 amide bonds. The first kappa shape index (κ1) is 13.4. The van der Waals surface area contributed by atoms with E-state index in [0.29, 0.717) is 9.79 Å². The second-order valence-corrected chi connectivity index (χ2v) is 7.41. The number of sulfone groups is 1. The van der Waals surface area contributed by atoms with E-state index in [0.717, 1.165) is 42.5 Å². The molecule has 0 saturated heterocycles. The Hall–Kier alpha value is -1.55. The third-order valence-corrected chi connectivity index (χ3v) is 5.85. The van der Waals surface area contributed by atoms with Gasteiger partial charge in [-0.15, -0.1) is 0 Å². The largest absolute Gasteiger partial charge is 0.364 e. The molecule has 106 valence electrons. The van der Waals surface area contributed by atoms with Crippen LogP contribution in [0.5, 0.6) is 0 Å². The summed E-state index contributed by atoms with van der Waals surface area (Å²) in [5.41, 5.74) is 3.17. The minimum atomic E-state index is -3.40. The lowest BCUT2D eigenvalue weighted by Gasteiger charge is -2.06. The Kier molecular flexibility index (Phi) is 3.42. The van der Waals surface area contributed by atoms with Crippen molar-refractivity contribution in [1.82, 2.24) is 4.98 Å². The molecule has 2 aromatic rings. The summed E-state index contributed by atoms with van der Waals surface area (Å²) in [5.74, 6) is 0. The zero-order valence-corrected chi connectivity index (χ0v) is 12.5. The molecule has 0 fully saturated rings. The maximum absolute atomic E-state index is 12.8. The first-order valence-corrected chi connectivity index (χ1v) is 8.58. The summed E-state index contributed by atoms with van der Waals surface area (Å²) < 4.78 is 25.5. The number of hydrogen-bond donors (Lipinski definition) is 1. The van der Waals surface area contributed by atoms with Crippen molar-refractivity contribution in [3.8, 4) is 0 Å². The van der Waals surface area contributed by atoms with Gasteiger partial charge in [0.05, 0.1) is 9.79 Å². The van der Waals surface area contributed by atoms with Crippen LogP contribution in [0.3, 0.4) is 0 Å². The van der Waals surface area contributed by atoms with Gasteiger partial charge < -0.3 is 4.98 Å². The van der Waals surface area contributed by atoms with Crippen LogP contribution in [0.2, 0.25) is 0 Å². The minimum absolute atomic E-state index is 0.383. The molecule has 1 heterocycles. The fourth-order valence-corrected chi connectivity index (χ4v) is 4.35. The van der Waals surface area contributed by atoms with Gasteiger partial charge in [0.25, 0.3) is 0 Å². The van der Waals surface area contributed by atoms with Gasteiger partial charge in [-0.1, -0.05) is 24.1 Å². The maximum atomic E-state index is 12.8. The number of fused-ring (bicyclic) bond motifs is 1. The summed E-state index contributed by atoms with van der Waals surface area (Å²) in [6, 6.07) is 7.08. The summed E-state index contributed by atoms with van der Waals surface area (Å²) >= 11 is 0. The molecule has 0 bridgehead atoms. The average molecular weight is 289 g/mol. The zero-order valence-electron chi connectivity index (χ0n) is 11.6. The molecular weight excluding hydrogens is 270 g/mol. The lowest BCUT2D eigenvalue weighted by molar-refractivity contribution is 0.594. The number of aryl methyl sites for hydroxylation is 2. The van der Waals surface area contributed by atoms with E-state index in [2.05, 4.69) is 4.98 Å². The lowest BCUT2D eigenvalue weighted by atomic mass is 10.1. The summed E-state index contributed by atoms with van der Waals surface area (Å²) in [5, 5.41) is 0. The molecule has 3 rings (SSSR count). The second kappa shape index (κ2) is 5.09. The standard InChI is InChI=1S/C16H19NO2S/c1-12-7-9-13(10-8-12)20(18,19)16-11-17-15-6-4-2-3-5-14(15)16/h7-11,17H,2-6H2,1H3. The first-order valence-electron chi connectivity index (χ1n) is 7.10. The Morgan fingerprint density at radius 3 is 2.45 bits per heavy atom. The molecule has 4 heteroatoms. The Morgan fingerprint density at radius 2 is 1.70 bits per heavy atom. The predicted octanol–water partition coefficient (Wildman–Crippen LogP) is 3.42. The average Bonchev–Trinajstić information content (AvgIpc) is 2.70. The van der Waals surface area contributed by atoms with Gasteiger partial charge in [0.2, 0.25) is 9.84 Å². The van der Waals surface area contributed by atoms with E-state index < -0.39 is 9.84 Å². The van der Waals surface area contributed by atoms with Gasteiger partial charge in [0, 0.05) is 11.9 Å². The Labute approximate surface area is 120 Å². The summed E-state index contributed by atoms with van der Waals surface area (Å²) in [7, 11) is -3.40. The Balaban J connectivity index is 2.08. The molecule has 0 unspecified atom stereocenters. The third kappa shape index (κ3) is 2.29. The first-order chi connectivity index (χ1) is 9.59. The van der Waals surface area contributed by atoms with Crippen molar-refractivity contribution in [2.24, 2.45) is 0 Å². The number of nitrogens with one attached hydrogen (secondary N) is 1. The van der Waals surface area contributed by atoms with Crippen molar-refractivity contribution >= 4 is 9.84 Å². The highest BCUT2D eigenvalue weighted by Crippen LogP contribution is 2.30. The number of H-pyrrole nitrogens is 1. The quantitative estimate of drug-likeness (QED) is 0.861. The number of aromatic amines is 1. The smallest absolute Gasteiger partial charge is 0.208 e. The molecule has 1 N–H and O–H groups in total. The van der Waals surface area contributed by atoms with E-state index >= 15 is 0 Å². The number of aromatic nitrogens is 1. The van der Waals surface area contributed by atoms with Crippen LogP contribution in [0.1, 0.15) is 36.1 Å². The monoisotopic (exact) mass is 289 g/mol. The molecule has 0 radical (unpaired) electrons.